The summed E-state index contributed by atoms with van der Waals surface area (Å²) in [7, 11) is 0. The molecule has 1 heterocycles. The van der Waals surface area contributed by atoms with E-state index in [2.05, 4.69) is 21.9 Å². The van der Waals surface area contributed by atoms with Crippen LogP contribution in [0, 0.1) is 6.92 Å². The molecule has 1 aromatic rings. The van der Waals surface area contributed by atoms with Gasteiger partial charge >= 0.3 is 0 Å². The second kappa shape index (κ2) is 9.52. The molecule has 0 aromatic carbocycles. The molecule has 0 spiro atoms. The molecule has 2 rings (SSSR count). The van der Waals surface area contributed by atoms with Gasteiger partial charge in [0, 0.05) is 12.6 Å². The van der Waals surface area contributed by atoms with Crippen LogP contribution in [0.1, 0.15) is 44.8 Å². The first kappa shape index (κ1) is 18.6. The molecule has 0 bridgehead atoms. The highest BCUT2D eigenvalue weighted by Crippen LogP contribution is 2.19. The van der Waals surface area contributed by atoms with E-state index in [1.807, 2.05) is 0 Å². The Morgan fingerprint density at radius 2 is 2.25 bits per heavy atom. The zero-order valence-electron chi connectivity index (χ0n) is 14.3. The topological polar surface area (TPSA) is 84.2 Å². The Morgan fingerprint density at radius 1 is 1.42 bits per heavy atom. The zero-order chi connectivity index (χ0) is 17.4. The highest BCUT2D eigenvalue weighted by molar-refractivity contribution is 8.01. The predicted octanol–water partition coefficient (Wildman–Crippen LogP) is 3.05. The van der Waals surface area contributed by atoms with E-state index in [9.17, 15) is 9.59 Å². The van der Waals surface area contributed by atoms with Crippen LogP contribution in [0.4, 0.5) is 5.82 Å². The first-order valence-corrected chi connectivity index (χ1v) is 9.40. The van der Waals surface area contributed by atoms with Gasteiger partial charge in [0.15, 0.2) is 5.82 Å². The molecule has 24 heavy (non-hydrogen) atoms. The lowest BCUT2D eigenvalue weighted by Gasteiger charge is -2.13. The van der Waals surface area contributed by atoms with Gasteiger partial charge in [0.2, 0.25) is 11.8 Å². The summed E-state index contributed by atoms with van der Waals surface area (Å²) in [6, 6.07) is 1.65. The van der Waals surface area contributed by atoms with Crippen molar-refractivity contribution in [2.24, 2.45) is 0 Å². The van der Waals surface area contributed by atoms with Crippen molar-refractivity contribution < 1.29 is 14.1 Å². The van der Waals surface area contributed by atoms with Gasteiger partial charge in [-0.2, -0.15) is 0 Å². The molecule has 1 aliphatic rings. The third-order valence-electron chi connectivity index (χ3n) is 3.87. The minimum Gasteiger partial charge on any atom is -0.360 e. The van der Waals surface area contributed by atoms with Crippen molar-refractivity contribution in [3.8, 4) is 0 Å². The average molecular weight is 351 g/mol. The molecule has 1 aromatic heterocycles. The molecule has 0 aliphatic heterocycles. The number of nitrogens with one attached hydrogen (secondary N) is 2. The number of aryl methyl sites for hydroxylation is 1. The fourth-order valence-electron chi connectivity index (χ4n) is 2.47. The third kappa shape index (κ3) is 6.39. The van der Waals surface area contributed by atoms with Crippen molar-refractivity contribution >= 4 is 29.4 Å². The molecule has 6 nitrogen and oxygen atoms in total. The summed E-state index contributed by atoms with van der Waals surface area (Å²) in [4.78, 5) is 23.9. The van der Waals surface area contributed by atoms with Gasteiger partial charge in [0.25, 0.3) is 0 Å². The quantitative estimate of drug-likeness (QED) is 0.703. The van der Waals surface area contributed by atoms with Gasteiger partial charge in [-0.3, -0.25) is 9.59 Å². The molecule has 1 aliphatic carbocycles. The summed E-state index contributed by atoms with van der Waals surface area (Å²) in [6.07, 6.45) is 8.08. The summed E-state index contributed by atoms with van der Waals surface area (Å²) in [5, 5.41) is 8.96. The van der Waals surface area contributed by atoms with Crippen molar-refractivity contribution in [3.05, 3.63) is 23.5 Å². The Balaban J connectivity index is 1.61. The first-order valence-electron chi connectivity index (χ1n) is 8.35. The van der Waals surface area contributed by atoms with Gasteiger partial charge in [0.05, 0.1) is 11.0 Å². The van der Waals surface area contributed by atoms with E-state index >= 15 is 0 Å². The van der Waals surface area contributed by atoms with Crippen molar-refractivity contribution in [2.45, 2.75) is 51.2 Å². The molecular formula is C17H25N3O3S. The molecule has 7 heteroatoms. The van der Waals surface area contributed by atoms with Crippen molar-refractivity contribution in [2.75, 3.05) is 17.6 Å². The van der Waals surface area contributed by atoms with E-state index in [4.69, 9.17) is 4.52 Å². The number of carbonyl (C=O) groups excluding carboxylic acids is 2. The molecule has 0 fully saturated rings. The van der Waals surface area contributed by atoms with Gasteiger partial charge in [-0.05, 0) is 46.0 Å². The Morgan fingerprint density at radius 3 is 2.92 bits per heavy atom. The molecule has 2 amide bonds. The fourth-order valence-corrected chi connectivity index (χ4v) is 3.19. The van der Waals surface area contributed by atoms with E-state index in [1.165, 1.54) is 30.2 Å². The molecule has 132 valence electrons. The SMILES string of the molecule is Cc1cc(NC(=O)C(C)SCC(=O)NCCC2=CCCCC2)no1. The summed E-state index contributed by atoms with van der Waals surface area (Å²) in [5.74, 6) is 1.08. The van der Waals surface area contributed by atoms with E-state index in [-0.39, 0.29) is 22.8 Å². The van der Waals surface area contributed by atoms with Crippen LogP contribution in [0.5, 0.6) is 0 Å². The third-order valence-corrected chi connectivity index (χ3v) is 5.01. The normalized spacial score (nSPS) is 15.5. The largest absolute Gasteiger partial charge is 0.360 e. The van der Waals surface area contributed by atoms with Crippen LogP contribution < -0.4 is 10.6 Å². The van der Waals surface area contributed by atoms with Gasteiger partial charge in [-0.15, -0.1) is 11.8 Å². The second-order valence-electron chi connectivity index (χ2n) is 5.97. The number of hydrogen-bond acceptors (Lipinski definition) is 5. The van der Waals surface area contributed by atoms with Gasteiger partial charge in [-0.1, -0.05) is 16.8 Å². The lowest BCUT2D eigenvalue weighted by atomic mass is 9.97. The number of amides is 2. The predicted molar refractivity (Wildman–Crippen MR) is 96.0 cm³/mol. The lowest BCUT2D eigenvalue weighted by molar-refractivity contribution is -0.118. The monoisotopic (exact) mass is 351 g/mol. The number of allylic oxidation sites excluding steroid dienone is 1. The van der Waals surface area contributed by atoms with E-state index in [1.54, 1.807) is 19.9 Å². The number of rotatable bonds is 8. The lowest BCUT2D eigenvalue weighted by Crippen LogP contribution is -2.29. The van der Waals surface area contributed by atoms with E-state index in [0.717, 1.165) is 19.3 Å². The minimum atomic E-state index is -0.339. The molecule has 0 radical (unpaired) electrons. The number of anilines is 1. The van der Waals surface area contributed by atoms with Gasteiger partial charge in [-0.25, -0.2) is 0 Å². The smallest absolute Gasteiger partial charge is 0.238 e. The Labute approximate surface area is 146 Å². The summed E-state index contributed by atoms with van der Waals surface area (Å²) < 4.78 is 4.90. The van der Waals surface area contributed by atoms with Gasteiger partial charge < -0.3 is 15.2 Å². The highest BCUT2D eigenvalue weighted by Gasteiger charge is 2.16. The maximum Gasteiger partial charge on any atom is 0.238 e. The number of carbonyl (C=O) groups is 2. The van der Waals surface area contributed by atoms with E-state index in [0.29, 0.717) is 18.1 Å². The Kier molecular flexibility index (Phi) is 7.36. The first-order chi connectivity index (χ1) is 11.5. The zero-order valence-corrected chi connectivity index (χ0v) is 15.1. The van der Waals surface area contributed by atoms with Crippen molar-refractivity contribution in [1.82, 2.24) is 10.5 Å². The molecule has 1 atom stereocenters. The maximum atomic E-state index is 12.0. The summed E-state index contributed by atoms with van der Waals surface area (Å²) >= 11 is 1.31. The van der Waals surface area contributed by atoms with Crippen LogP contribution in [0.3, 0.4) is 0 Å². The minimum absolute atomic E-state index is 0.0339. The number of hydrogen-bond donors (Lipinski definition) is 2. The Hall–Kier alpha value is -1.76. The van der Waals surface area contributed by atoms with Crippen LogP contribution in [-0.2, 0) is 9.59 Å². The van der Waals surface area contributed by atoms with Crippen LogP contribution >= 0.6 is 11.8 Å². The van der Waals surface area contributed by atoms with Crippen LogP contribution in [0.25, 0.3) is 0 Å². The maximum absolute atomic E-state index is 12.0. The number of aromatic nitrogens is 1. The summed E-state index contributed by atoms with van der Waals surface area (Å²) in [6.45, 7) is 4.20. The molecular weight excluding hydrogens is 326 g/mol. The van der Waals surface area contributed by atoms with Crippen LogP contribution in [0.2, 0.25) is 0 Å². The van der Waals surface area contributed by atoms with Crippen LogP contribution in [0.15, 0.2) is 22.2 Å². The molecule has 0 saturated heterocycles. The number of thioether (sulfide) groups is 1. The number of nitrogens with zero attached hydrogens (tertiary/aromatic N) is 1. The van der Waals surface area contributed by atoms with Crippen LogP contribution in [-0.4, -0.2) is 34.5 Å². The molecule has 1 unspecified atom stereocenters. The van der Waals surface area contributed by atoms with Gasteiger partial charge in [0.1, 0.15) is 5.76 Å². The second-order valence-corrected chi connectivity index (χ2v) is 7.30. The Bertz CT molecular complexity index is 598. The standard InChI is InChI=1S/C17H25N3O3S/c1-12-10-15(20-23-12)19-17(22)13(2)24-11-16(21)18-9-8-14-6-4-3-5-7-14/h6,10,13H,3-5,7-9,11H2,1-2H3,(H,18,21)(H,19,20,22). The molecule has 2 N–H and O–H groups in total. The van der Waals surface area contributed by atoms with Crippen molar-refractivity contribution in [1.29, 1.82) is 0 Å². The highest BCUT2D eigenvalue weighted by atomic mass is 32.2. The molecule has 0 saturated carbocycles. The van der Waals surface area contributed by atoms with E-state index < -0.39 is 0 Å². The summed E-state index contributed by atoms with van der Waals surface area (Å²) in [5.41, 5.74) is 1.45. The average Bonchev–Trinajstić information content (AvgIpc) is 2.98. The fraction of sp³-hybridized carbons (Fsp3) is 0.588. The van der Waals surface area contributed by atoms with Crippen molar-refractivity contribution in [3.63, 3.8) is 0 Å².